The van der Waals surface area contributed by atoms with Gasteiger partial charge in [0, 0.05) is 19.6 Å². The van der Waals surface area contributed by atoms with Gasteiger partial charge >= 0.3 is 0 Å². The van der Waals surface area contributed by atoms with Crippen LogP contribution in [0.4, 0.5) is 5.82 Å². The summed E-state index contributed by atoms with van der Waals surface area (Å²) in [4.78, 5) is 22.7. The molecule has 110 valence electrons. The van der Waals surface area contributed by atoms with Gasteiger partial charge in [0.1, 0.15) is 11.5 Å². The van der Waals surface area contributed by atoms with Gasteiger partial charge in [-0.25, -0.2) is 9.97 Å². The van der Waals surface area contributed by atoms with E-state index >= 15 is 0 Å². The van der Waals surface area contributed by atoms with Gasteiger partial charge in [0.05, 0.1) is 12.4 Å². The van der Waals surface area contributed by atoms with Crippen molar-refractivity contribution in [1.82, 2.24) is 14.9 Å². The molecule has 1 saturated carbocycles. The van der Waals surface area contributed by atoms with Crippen LogP contribution in [0.25, 0.3) is 0 Å². The SMILES string of the molecule is CCCNc1cnc(C(=O)N(C)C2CCCCC2)cn1. The molecule has 0 aliphatic heterocycles. The Morgan fingerprint density at radius 2 is 2.05 bits per heavy atom. The van der Waals surface area contributed by atoms with E-state index < -0.39 is 0 Å². The van der Waals surface area contributed by atoms with Crippen LogP contribution in [0.2, 0.25) is 0 Å². The lowest BCUT2D eigenvalue weighted by molar-refractivity contribution is 0.0690. The van der Waals surface area contributed by atoms with Gasteiger partial charge in [0.15, 0.2) is 0 Å². The van der Waals surface area contributed by atoms with Crippen LogP contribution in [0, 0.1) is 0 Å². The summed E-state index contributed by atoms with van der Waals surface area (Å²) in [5, 5.41) is 3.15. The third-order valence-corrected chi connectivity index (χ3v) is 3.87. The van der Waals surface area contributed by atoms with E-state index in [4.69, 9.17) is 0 Å². The van der Waals surface area contributed by atoms with Crippen molar-refractivity contribution >= 4 is 11.7 Å². The molecule has 0 bridgehead atoms. The Labute approximate surface area is 120 Å². The Kier molecular flexibility index (Phi) is 5.32. The van der Waals surface area contributed by atoms with Gasteiger partial charge < -0.3 is 10.2 Å². The summed E-state index contributed by atoms with van der Waals surface area (Å²) in [5.41, 5.74) is 0.431. The van der Waals surface area contributed by atoms with Gasteiger partial charge in [-0.3, -0.25) is 4.79 Å². The van der Waals surface area contributed by atoms with Crippen molar-refractivity contribution in [2.75, 3.05) is 18.9 Å². The average molecular weight is 276 g/mol. The summed E-state index contributed by atoms with van der Waals surface area (Å²) in [6.07, 6.45) is 10.2. The second-order valence-corrected chi connectivity index (χ2v) is 5.42. The molecule has 0 unspecified atom stereocenters. The summed E-state index contributed by atoms with van der Waals surface area (Å²) in [5.74, 6) is 0.704. The van der Waals surface area contributed by atoms with Crippen LogP contribution >= 0.6 is 0 Å². The predicted molar refractivity (Wildman–Crippen MR) is 79.8 cm³/mol. The molecule has 5 nitrogen and oxygen atoms in total. The topological polar surface area (TPSA) is 58.1 Å². The van der Waals surface area contributed by atoms with E-state index in [-0.39, 0.29) is 5.91 Å². The highest BCUT2D eigenvalue weighted by Gasteiger charge is 2.23. The monoisotopic (exact) mass is 276 g/mol. The molecule has 1 fully saturated rings. The fraction of sp³-hybridized carbons (Fsp3) is 0.667. The molecular weight excluding hydrogens is 252 g/mol. The van der Waals surface area contributed by atoms with Crippen molar-refractivity contribution in [3.63, 3.8) is 0 Å². The number of amides is 1. The second-order valence-electron chi connectivity index (χ2n) is 5.42. The molecule has 1 heterocycles. The highest BCUT2D eigenvalue weighted by Crippen LogP contribution is 2.22. The van der Waals surface area contributed by atoms with Crippen molar-refractivity contribution < 1.29 is 4.79 Å². The van der Waals surface area contributed by atoms with Crippen LogP contribution in [0.1, 0.15) is 55.9 Å². The Hall–Kier alpha value is -1.65. The molecule has 5 heteroatoms. The van der Waals surface area contributed by atoms with Crippen molar-refractivity contribution in [3.05, 3.63) is 18.1 Å². The van der Waals surface area contributed by atoms with Gasteiger partial charge in [0.2, 0.25) is 0 Å². The summed E-state index contributed by atoms with van der Waals surface area (Å²) in [6.45, 7) is 2.96. The van der Waals surface area contributed by atoms with Crippen LogP contribution < -0.4 is 5.32 Å². The molecule has 20 heavy (non-hydrogen) atoms. The lowest BCUT2D eigenvalue weighted by Crippen LogP contribution is -2.38. The predicted octanol–water partition coefficient (Wildman–Crippen LogP) is 2.70. The summed E-state index contributed by atoms with van der Waals surface area (Å²) >= 11 is 0. The largest absolute Gasteiger partial charge is 0.369 e. The molecule has 1 aromatic heterocycles. The van der Waals surface area contributed by atoms with E-state index in [1.807, 2.05) is 11.9 Å². The Morgan fingerprint density at radius 1 is 1.30 bits per heavy atom. The van der Waals surface area contributed by atoms with Gasteiger partial charge in [-0.05, 0) is 19.3 Å². The molecule has 1 amide bonds. The third kappa shape index (κ3) is 3.68. The number of aromatic nitrogens is 2. The maximum absolute atomic E-state index is 12.4. The summed E-state index contributed by atoms with van der Waals surface area (Å²) < 4.78 is 0. The molecule has 0 atom stereocenters. The lowest BCUT2D eigenvalue weighted by atomic mass is 9.94. The maximum atomic E-state index is 12.4. The van der Waals surface area contributed by atoms with Gasteiger partial charge in [-0.1, -0.05) is 26.2 Å². The Morgan fingerprint density at radius 3 is 2.65 bits per heavy atom. The van der Waals surface area contributed by atoms with Crippen LogP contribution in [0.5, 0.6) is 0 Å². The molecule has 1 aromatic rings. The van der Waals surface area contributed by atoms with Crippen molar-refractivity contribution in [2.45, 2.75) is 51.5 Å². The molecule has 1 aliphatic rings. The van der Waals surface area contributed by atoms with Crippen LogP contribution in [-0.2, 0) is 0 Å². The first kappa shape index (κ1) is 14.8. The normalized spacial score (nSPS) is 15.9. The minimum Gasteiger partial charge on any atom is -0.369 e. The number of carbonyl (C=O) groups is 1. The first-order valence-corrected chi connectivity index (χ1v) is 7.55. The van der Waals surface area contributed by atoms with Crippen molar-refractivity contribution in [3.8, 4) is 0 Å². The minimum absolute atomic E-state index is 0.0218. The smallest absolute Gasteiger partial charge is 0.274 e. The molecule has 0 radical (unpaired) electrons. The molecule has 0 saturated heterocycles. The minimum atomic E-state index is -0.0218. The van der Waals surface area contributed by atoms with E-state index in [1.54, 1.807) is 12.4 Å². The standard InChI is InChI=1S/C15H24N4O/c1-3-9-16-14-11-17-13(10-18-14)15(20)19(2)12-7-5-4-6-8-12/h10-12H,3-9H2,1-2H3,(H,16,18). The van der Waals surface area contributed by atoms with E-state index in [9.17, 15) is 4.79 Å². The highest BCUT2D eigenvalue weighted by atomic mass is 16.2. The molecule has 2 rings (SSSR count). The number of rotatable bonds is 5. The number of nitrogens with one attached hydrogen (secondary N) is 1. The van der Waals surface area contributed by atoms with Gasteiger partial charge in [0.25, 0.3) is 5.91 Å². The summed E-state index contributed by atoms with van der Waals surface area (Å²) in [6, 6.07) is 0.357. The zero-order valence-electron chi connectivity index (χ0n) is 12.4. The number of hydrogen-bond acceptors (Lipinski definition) is 4. The van der Waals surface area contributed by atoms with Crippen molar-refractivity contribution in [1.29, 1.82) is 0 Å². The number of hydrogen-bond donors (Lipinski definition) is 1. The number of nitrogens with zero attached hydrogens (tertiary/aromatic N) is 3. The maximum Gasteiger partial charge on any atom is 0.274 e. The lowest BCUT2D eigenvalue weighted by Gasteiger charge is -2.30. The molecule has 0 spiro atoms. The average Bonchev–Trinajstić information content (AvgIpc) is 2.53. The zero-order chi connectivity index (χ0) is 14.4. The molecule has 1 aliphatic carbocycles. The van der Waals surface area contributed by atoms with E-state index in [2.05, 4.69) is 22.2 Å². The summed E-state index contributed by atoms with van der Waals surface area (Å²) in [7, 11) is 1.88. The molecular formula is C15H24N4O. The van der Waals surface area contributed by atoms with Crippen molar-refractivity contribution in [2.24, 2.45) is 0 Å². The van der Waals surface area contributed by atoms with Crippen LogP contribution in [0.3, 0.4) is 0 Å². The number of carbonyl (C=O) groups excluding carboxylic acids is 1. The fourth-order valence-corrected chi connectivity index (χ4v) is 2.60. The van der Waals surface area contributed by atoms with Crippen LogP contribution in [-0.4, -0.2) is 40.4 Å². The first-order chi connectivity index (χ1) is 9.72. The Balaban J connectivity index is 1.97. The van der Waals surface area contributed by atoms with E-state index in [0.717, 1.165) is 31.6 Å². The molecule has 1 N–H and O–H groups in total. The second kappa shape index (κ2) is 7.22. The van der Waals surface area contributed by atoms with E-state index in [0.29, 0.717) is 11.7 Å². The van der Waals surface area contributed by atoms with Gasteiger partial charge in [-0.15, -0.1) is 0 Å². The quantitative estimate of drug-likeness (QED) is 0.898. The third-order valence-electron chi connectivity index (χ3n) is 3.87. The fourth-order valence-electron chi connectivity index (χ4n) is 2.60. The molecule has 0 aromatic carbocycles. The number of anilines is 1. The highest BCUT2D eigenvalue weighted by molar-refractivity contribution is 5.92. The zero-order valence-corrected chi connectivity index (χ0v) is 12.4. The van der Waals surface area contributed by atoms with Gasteiger partial charge in [-0.2, -0.15) is 0 Å². The Bertz CT molecular complexity index is 426. The first-order valence-electron chi connectivity index (χ1n) is 7.55. The van der Waals surface area contributed by atoms with Crippen LogP contribution in [0.15, 0.2) is 12.4 Å². The van der Waals surface area contributed by atoms with E-state index in [1.165, 1.54) is 19.3 Å².